The van der Waals surface area contributed by atoms with Gasteiger partial charge in [-0.05, 0) is 0 Å². The molecule has 0 aromatic carbocycles. The van der Waals surface area contributed by atoms with Gasteiger partial charge in [0.15, 0.2) is 0 Å². The Bertz CT molecular complexity index is 127. The van der Waals surface area contributed by atoms with Gasteiger partial charge in [-0.25, -0.2) is 9.86 Å². The summed E-state index contributed by atoms with van der Waals surface area (Å²) in [6, 6.07) is 0. The van der Waals surface area contributed by atoms with Crippen molar-refractivity contribution in [2.45, 2.75) is 6.92 Å². The first kappa shape index (κ1) is 6.87. The zero-order chi connectivity index (χ0) is 5.91. The molecule has 0 atom stereocenters. The number of rotatable bonds is 2. The summed E-state index contributed by atoms with van der Waals surface area (Å²) in [5.74, 6) is 0. The molecule has 0 fully saturated rings. The van der Waals surface area contributed by atoms with Crippen LogP contribution in [0.1, 0.15) is 6.92 Å². The molecule has 0 radical (unpaired) electrons. The van der Waals surface area contributed by atoms with Crippen LogP contribution in [0.3, 0.4) is 0 Å². The van der Waals surface area contributed by atoms with E-state index >= 15 is 0 Å². The highest BCUT2D eigenvalue weighted by atomic mass is 32.2. The minimum absolute atomic E-state index is 0.346. The molecule has 0 unspecified atom stereocenters. The predicted octanol–water partition coefficient (Wildman–Crippen LogP) is -1.20. The van der Waals surface area contributed by atoms with E-state index in [2.05, 4.69) is 5.14 Å². The number of nitrogens with two attached hydrogens (primary N) is 1. The van der Waals surface area contributed by atoms with Crippen molar-refractivity contribution in [3.05, 3.63) is 0 Å². The van der Waals surface area contributed by atoms with E-state index in [0.717, 1.165) is 0 Å². The maximum atomic E-state index is 9.90. The third kappa shape index (κ3) is 5.87. The van der Waals surface area contributed by atoms with Gasteiger partial charge >= 0.3 is 0 Å². The Balaban J connectivity index is 3.60. The van der Waals surface area contributed by atoms with E-state index in [0.29, 0.717) is 6.54 Å². The van der Waals surface area contributed by atoms with Crippen LogP contribution in [-0.4, -0.2) is 15.0 Å². The molecule has 0 aliphatic rings. The molecule has 0 spiro atoms. The summed E-state index contributed by atoms with van der Waals surface area (Å²) in [5.41, 5.74) is 0. The van der Waals surface area contributed by atoms with Crippen molar-refractivity contribution in [3.8, 4) is 0 Å². The van der Waals surface area contributed by atoms with Gasteiger partial charge in [0.05, 0.1) is 0 Å². The first-order chi connectivity index (χ1) is 3.06. The lowest BCUT2D eigenvalue weighted by Crippen LogP contribution is -2.30. The molecule has 0 aliphatic carbocycles. The monoisotopic (exact) mass is 124 g/mol. The second kappa shape index (κ2) is 2.25. The Labute approximate surface area is 42.9 Å². The predicted molar refractivity (Wildman–Crippen MR) is 26.8 cm³/mol. The molecule has 0 saturated heterocycles. The van der Waals surface area contributed by atoms with Gasteiger partial charge in [0.1, 0.15) is 0 Å². The summed E-state index contributed by atoms with van der Waals surface area (Å²) >= 11 is 0. The van der Waals surface area contributed by atoms with Gasteiger partial charge in [0, 0.05) is 6.54 Å². The van der Waals surface area contributed by atoms with E-state index in [1.807, 2.05) is 4.72 Å². The first-order valence-electron chi connectivity index (χ1n) is 1.83. The maximum Gasteiger partial charge on any atom is 0.274 e. The van der Waals surface area contributed by atoms with Gasteiger partial charge in [0.25, 0.3) is 10.2 Å². The fourth-order valence-electron chi connectivity index (χ4n) is 0.201. The SMILES string of the molecule is CCNS(N)(=O)=O. The van der Waals surface area contributed by atoms with Crippen LogP contribution in [0.15, 0.2) is 0 Å². The molecule has 0 aliphatic heterocycles. The van der Waals surface area contributed by atoms with Crippen molar-refractivity contribution < 1.29 is 8.42 Å². The van der Waals surface area contributed by atoms with Crippen LogP contribution in [0.5, 0.6) is 0 Å². The molecule has 5 heteroatoms. The van der Waals surface area contributed by atoms with Crippen molar-refractivity contribution in [1.29, 1.82) is 0 Å². The van der Waals surface area contributed by atoms with Crippen molar-refractivity contribution >= 4 is 10.2 Å². The molecule has 7 heavy (non-hydrogen) atoms. The summed E-state index contributed by atoms with van der Waals surface area (Å²) in [6.45, 7) is 2.00. The summed E-state index contributed by atoms with van der Waals surface area (Å²) in [6.07, 6.45) is 0. The second-order valence-electron chi connectivity index (χ2n) is 1.04. The highest BCUT2D eigenvalue weighted by Crippen LogP contribution is 1.60. The van der Waals surface area contributed by atoms with Gasteiger partial charge in [0.2, 0.25) is 0 Å². The van der Waals surface area contributed by atoms with Crippen LogP contribution in [0, 0.1) is 0 Å². The Morgan fingerprint density at radius 3 is 2.14 bits per heavy atom. The van der Waals surface area contributed by atoms with E-state index in [-0.39, 0.29) is 0 Å². The normalized spacial score (nSPS) is 11.7. The summed E-state index contributed by atoms with van der Waals surface area (Å²) in [7, 11) is -3.42. The highest BCUT2D eigenvalue weighted by molar-refractivity contribution is 7.87. The molecule has 44 valence electrons. The van der Waals surface area contributed by atoms with Crippen molar-refractivity contribution in [3.63, 3.8) is 0 Å². The molecule has 0 aromatic rings. The fourth-order valence-corrected chi connectivity index (χ4v) is 0.604. The van der Waals surface area contributed by atoms with Crippen LogP contribution in [-0.2, 0) is 10.2 Å². The smallest absolute Gasteiger partial charge is 0.216 e. The Morgan fingerprint density at radius 2 is 2.14 bits per heavy atom. The van der Waals surface area contributed by atoms with Crippen LogP contribution in [0.4, 0.5) is 0 Å². The molecule has 0 bridgehead atoms. The second-order valence-corrected chi connectivity index (χ2v) is 2.42. The van der Waals surface area contributed by atoms with Gasteiger partial charge < -0.3 is 0 Å². The average molecular weight is 124 g/mol. The molecule has 0 aromatic heterocycles. The molecular weight excluding hydrogens is 116 g/mol. The standard InChI is InChI=1S/C2H8N2O2S/c1-2-4-7(3,5)6/h4H,2H2,1H3,(H2,3,5,6). The number of hydrogen-bond acceptors (Lipinski definition) is 2. The minimum atomic E-state index is -3.42. The minimum Gasteiger partial charge on any atom is -0.216 e. The molecular formula is C2H8N2O2S. The number of nitrogens with one attached hydrogen (secondary N) is 1. The highest BCUT2D eigenvalue weighted by Gasteiger charge is 1.92. The van der Waals surface area contributed by atoms with E-state index in [4.69, 9.17) is 0 Å². The van der Waals surface area contributed by atoms with Crippen molar-refractivity contribution in [2.75, 3.05) is 6.54 Å². The average Bonchev–Trinajstić information content (AvgIpc) is 1.30. The van der Waals surface area contributed by atoms with E-state index in [1.54, 1.807) is 6.92 Å². The topological polar surface area (TPSA) is 72.2 Å². The molecule has 0 rings (SSSR count). The summed E-state index contributed by atoms with van der Waals surface area (Å²) in [4.78, 5) is 0. The van der Waals surface area contributed by atoms with Gasteiger partial charge in [-0.1, -0.05) is 6.92 Å². The van der Waals surface area contributed by atoms with Gasteiger partial charge in [-0.15, -0.1) is 0 Å². The lowest BCUT2D eigenvalue weighted by molar-refractivity contribution is 0.585. The molecule has 0 amide bonds. The summed E-state index contributed by atoms with van der Waals surface area (Å²) in [5, 5.41) is 4.51. The third-order valence-corrected chi connectivity index (χ3v) is 1.04. The molecule has 0 heterocycles. The van der Waals surface area contributed by atoms with Crippen LogP contribution in [0.25, 0.3) is 0 Å². The third-order valence-electron chi connectivity index (χ3n) is 0.346. The quantitative estimate of drug-likeness (QED) is 0.485. The lowest BCUT2D eigenvalue weighted by atomic mass is 10.8. The fraction of sp³-hybridized carbons (Fsp3) is 1.00. The first-order valence-corrected chi connectivity index (χ1v) is 3.38. The van der Waals surface area contributed by atoms with Crippen molar-refractivity contribution in [1.82, 2.24) is 4.72 Å². The Kier molecular flexibility index (Phi) is 2.21. The van der Waals surface area contributed by atoms with Gasteiger partial charge in [-0.2, -0.15) is 8.42 Å². The molecule has 3 N–H and O–H groups in total. The lowest BCUT2D eigenvalue weighted by Gasteiger charge is -1.91. The zero-order valence-electron chi connectivity index (χ0n) is 4.01. The van der Waals surface area contributed by atoms with E-state index in [1.165, 1.54) is 0 Å². The van der Waals surface area contributed by atoms with E-state index in [9.17, 15) is 8.42 Å². The Hall–Kier alpha value is -0.130. The van der Waals surface area contributed by atoms with E-state index < -0.39 is 10.2 Å². The van der Waals surface area contributed by atoms with Crippen LogP contribution in [0.2, 0.25) is 0 Å². The zero-order valence-corrected chi connectivity index (χ0v) is 4.83. The molecule has 4 nitrogen and oxygen atoms in total. The van der Waals surface area contributed by atoms with Crippen LogP contribution >= 0.6 is 0 Å². The number of hydrogen-bond donors (Lipinski definition) is 2. The van der Waals surface area contributed by atoms with Crippen LogP contribution < -0.4 is 9.86 Å². The maximum absolute atomic E-state index is 9.90. The summed E-state index contributed by atoms with van der Waals surface area (Å²) < 4.78 is 21.8. The van der Waals surface area contributed by atoms with Crippen molar-refractivity contribution in [2.24, 2.45) is 5.14 Å². The van der Waals surface area contributed by atoms with Gasteiger partial charge in [-0.3, -0.25) is 0 Å². The Morgan fingerprint density at radius 1 is 1.71 bits per heavy atom. The largest absolute Gasteiger partial charge is 0.274 e. The molecule has 0 saturated carbocycles.